The summed E-state index contributed by atoms with van der Waals surface area (Å²) in [6, 6.07) is 0. The van der Waals surface area contributed by atoms with Gasteiger partial charge in [0.05, 0.1) is 0 Å². The van der Waals surface area contributed by atoms with Gasteiger partial charge in [-0.2, -0.15) is 0 Å². The van der Waals surface area contributed by atoms with E-state index in [1.165, 1.54) is 19.3 Å². The molecule has 4 nitrogen and oxygen atoms in total. The van der Waals surface area contributed by atoms with E-state index in [1.54, 1.807) is 0 Å². The third kappa shape index (κ3) is 4.16. The summed E-state index contributed by atoms with van der Waals surface area (Å²) in [7, 11) is 0. The zero-order chi connectivity index (χ0) is 15.5. The van der Waals surface area contributed by atoms with Crippen molar-refractivity contribution in [1.29, 1.82) is 0 Å². The number of nitrogens with one attached hydrogen (secondary N) is 1. The number of hydrogen-bond donors (Lipinski definition) is 1. The molecule has 1 aliphatic heterocycles. The molecule has 0 aromatic carbocycles. The lowest BCUT2D eigenvalue weighted by molar-refractivity contribution is 0.301. The van der Waals surface area contributed by atoms with Crippen molar-refractivity contribution in [2.45, 2.75) is 66.0 Å². The lowest BCUT2D eigenvalue weighted by Gasteiger charge is -2.26. The maximum absolute atomic E-state index is 4.57. The highest BCUT2D eigenvalue weighted by molar-refractivity contribution is 5.32. The van der Waals surface area contributed by atoms with Gasteiger partial charge in [-0.15, -0.1) is 0 Å². The van der Waals surface area contributed by atoms with E-state index in [2.05, 4.69) is 54.8 Å². The van der Waals surface area contributed by atoms with Crippen LogP contribution in [-0.2, 0) is 6.54 Å². The smallest absolute Gasteiger partial charge is 0.225 e. The Morgan fingerprint density at radius 3 is 2.29 bits per heavy atom. The molecule has 1 saturated heterocycles. The highest BCUT2D eigenvalue weighted by Gasteiger charge is 2.35. The monoisotopic (exact) mass is 290 g/mol. The van der Waals surface area contributed by atoms with Crippen molar-refractivity contribution < 1.29 is 0 Å². The van der Waals surface area contributed by atoms with Crippen molar-refractivity contribution in [1.82, 2.24) is 15.3 Å². The quantitative estimate of drug-likeness (QED) is 0.902. The van der Waals surface area contributed by atoms with Gasteiger partial charge in [0, 0.05) is 43.1 Å². The van der Waals surface area contributed by atoms with Gasteiger partial charge in [-0.3, -0.25) is 0 Å². The Hall–Kier alpha value is -1.16. The molecule has 1 aromatic rings. The molecule has 1 aliphatic rings. The Labute approximate surface area is 129 Å². The van der Waals surface area contributed by atoms with Crippen LogP contribution >= 0.6 is 0 Å². The van der Waals surface area contributed by atoms with Gasteiger partial charge in [0.25, 0.3) is 0 Å². The minimum absolute atomic E-state index is 0.121. The number of hydrogen-bond acceptors (Lipinski definition) is 4. The van der Waals surface area contributed by atoms with Crippen LogP contribution in [-0.4, -0.2) is 28.6 Å². The molecule has 0 saturated carbocycles. The fraction of sp³-hybridized carbons (Fsp3) is 0.765. The standard InChI is InChI=1S/C17H30N4/c1-6-17(7-2)8-9-21(13-17)15-18-10-14(11-19-15)12-20-16(3,4)5/h10-11,20H,6-9,12-13H2,1-5H3. The molecule has 0 aliphatic carbocycles. The number of anilines is 1. The Kier molecular flexibility index (Phi) is 4.87. The van der Waals surface area contributed by atoms with Gasteiger partial charge in [0.15, 0.2) is 0 Å². The van der Waals surface area contributed by atoms with Crippen molar-refractivity contribution in [2.24, 2.45) is 5.41 Å². The van der Waals surface area contributed by atoms with Crippen LogP contribution in [0.4, 0.5) is 5.95 Å². The van der Waals surface area contributed by atoms with Crippen molar-refractivity contribution in [3.05, 3.63) is 18.0 Å². The Balaban J connectivity index is 1.97. The van der Waals surface area contributed by atoms with E-state index in [0.717, 1.165) is 31.1 Å². The van der Waals surface area contributed by atoms with Gasteiger partial charge in [0.1, 0.15) is 0 Å². The largest absolute Gasteiger partial charge is 0.340 e. The summed E-state index contributed by atoms with van der Waals surface area (Å²) in [5.74, 6) is 0.887. The highest BCUT2D eigenvalue weighted by Crippen LogP contribution is 2.37. The van der Waals surface area contributed by atoms with Crippen molar-refractivity contribution in [2.75, 3.05) is 18.0 Å². The number of aromatic nitrogens is 2. The second kappa shape index (κ2) is 6.30. The van der Waals surface area contributed by atoms with Crippen LogP contribution < -0.4 is 10.2 Å². The fourth-order valence-corrected chi connectivity index (χ4v) is 2.90. The molecule has 0 atom stereocenters. The van der Waals surface area contributed by atoms with E-state index >= 15 is 0 Å². The minimum atomic E-state index is 0.121. The van der Waals surface area contributed by atoms with E-state index < -0.39 is 0 Å². The zero-order valence-electron chi connectivity index (χ0n) is 14.2. The second-order valence-electron chi connectivity index (χ2n) is 7.37. The lowest BCUT2D eigenvalue weighted by Crippen LogP contribution is -2.35. The fourth-order valence-electron chi connectivity index (χ4n) is 2.90. The summed E-state index contributed by atoms with van der Waals surface area (Å²) in [6.45, 7) is 14.1. The van der Waals surface area contributed by atoms with Crippen LogP contribution in [0.3, 0.4) is 0 Å². The first-order chi connectivity index (χ1) is 9.87. The average molecular weight is 290 g/mol. The maximum atomic E-state index is 4.57. The maximum Gasteiger partial charge on any atom is 0.225 e. The van der Waals surface area contributed by atoms with Crippen LogP contribution in [0.5, 0.6) is 0 Å². The van der Waals surface area contributed by atoms with Crippen LogP contribution in [0, 0.1) is 5.41 Å². The molecule has 118 valence electrons. The van der Waals surface area contributed by atoms with Crippen LogP contribution in [0.25, 0.3) is 0 Å². The lowest BCUT2D eigenvalue weighted by atomic mass is 9.82. The van der Waals surface area contributed by atoms with E-state index in [-0.39, 0.29) is 5.54 Å². The summed E-state index contributed by atoms with van der Waals surface area (Å²) >= 11 is 0. The van der Waals surface area contributed by atoms with Gasteiger partial charge in [-0.25, -0.2) is 9.97 Å². The molecule has 2 heterocycles. The molecule has 1 N–H and O–H groups in total. The molecule has 1 aromatic heterocycles. The third-order valence-corrected chi connectivity index (χ3v) is 4.74. The first-order valence-corrected chi connectivity index (χ1v) is 8.18. The van der Waals surface area contributed by atoms with Crippen molar-refractivity contribution in [3.8, 4) is 0 Å². The summed E-state index contributed by atoms with van der Waals surface area (Å²) in [4.78, 5) is 11.5. The first kappa shape index (κ1) is 16.2. The Morgan fingerprint density at radius 1 is 1.19 bits per heavy atom. The summed E-state index contributed by atoms with van der Waals surface area (Å²) in [6.07, 6.45) is 7.66. The Bertz CT molecular complexity index is 443. The molecule has 4 heteroatoms. The molecule has 1 fully saturated rings. The average Bonchev–Trinajstić information content (AvgIpc) is 2.90. The SMILES string of the molecule is CCC1(CC)CCN(c2ncc(CNC(C)(C)C)cn2)C1. The number of rotatable bonds is 5. The van der Waals surface area contributed by atoms with Crippen molar-refractivity contribution in [3.63, 3.8) is 0 Å². The van der Waals surface area contributed by atoms with E-state index in [4.69, 9.17) is 0 Å². The topological polar surface area (TPSA) is 41.1 Å². The Morgan fingerprint density at radius 2 is 1.81 bits per heavy atom. The van der Waals surface area contributed by atoms with Crippen LogP contribution in [0.2, 0.25) is 0 Å². The van der Waals surface area contributed by atoms with Crippen molar-refractivity contribution >= 4 is 5.95 Å². The molecule has 21 heavy (non-hydrogen) atoms. The normalized spacial score (nSPS) is 18.2. The molecule has 0 unspecified atom stereocenters. The minimum Gasteiger partial charge on any atom is -0.340 e. The first-order valence-electron chi connectivity index (χ1n) is 8.18. The van der Waals surface area contributed by atoms with Gasteiger partial charge in [0.2, 0.25) is 5.95 Å². The van der Waals surface area contributed by atoms with Gasteiger partial charge in [-0.1, -0.05) is 13.8 Å². The molecule has 0 spiro atoms. The van der Waals surface area contributed by atoms with Gasteiger partial charge >= 0.3 is 0 Å². The molecule has 2 rings (SSSR count). The predicted molar refractivity (Wildman–Crippen MR) is 88.5 cm³/mol. The molecule has 0 radical (unpaired) electrons. The predicted octanol–water partition coefficient (Wildman–Crippen LogP) is 3.38. The molecular weight excluding hydrogens is 260 g/mol. The zero-order valence-corrected chi connectivity index (χ0v) is 14.2. The second-order valence-corrected chi connectivity index (χ2v) is 7.37. The summed E-state index contributed by atoms with van der Waals surface area (Å²) in [5, 5.41) is 3.46. The number of nitrogens with zero attached hydrogens (tertiary/aromatic N) is 3. The van der Waals surface area contributed by atoms with E-state index in [9.17, 15) is 0 Å². The van der Waals surface area contributed by atoms with Crippen LogP contribution in [0.1, 0.15) is 59.4 Å². The molecular formula is C17H30N4. The van der Waals surface area contributed by atoms with E-state index in [0.29, 0.717) is 5.41 Å². The van der Waals surface area contributed by atoms with E-state index in [1.807, 2.05) is 12.4 Å². The summed E-state index contributed by atoms with van der Waals surface area (Å²) < 4.78 is 0. The van der Waals surface area contributed by atoms with Gasteiger partial charge < -0.3 is 10.2 Å². The molecule has 0 bridgehead atoms. The van der Waals surface area contributed by atoms with Gasteiger partial charge in [-0.05, 0) is 45.4 Å². The highest BCUT2D eigenvalue weighted by atomic mass is 15.3. The molecule has 0 amide bonds. The van der Waals surface area contributed by atoms with Crippen LogP contribution in [0.15, 0.2) is 12.4 Å². The summed E-state index contributed by atoms with van der Waals surface area (Å²) in [5.41, 5.74) is 1.73. The third-order valence-electron chi connectivity index (χ3n) is 4.74.